The lowest BCUT2D eigenvalue weighted by molar-refractivity contribution is 0.365. The Bertz CT molecular complexity index is 732. The largest absolute Gasteiger partial charge is 0.356 e. The highest BCUT2D eigenvalue weighted by Gasteiger charge is 2.29. The Morgan fingerprint density at radius 3 is 2.83 bits per heavy atom. The van der Waals surface area contributed by atoms with Gasteiger partial charge >= 0.3 is 0 Å². The average Bonchev–Trinajstić information content (AvgIpc) is 2.62. The topological polar surface area (TPSA) is 27.6 Å². The molecule has 2 heterocycles. The molecule has 2 aliphatic heterocycles. The number of nitrogens with zero attached hydrogens (tertiary/aromatic N) is 2. The van der Waals surface area contributed by atoms with Crippen molar-refractivity contribution in [3.8, 4) is 11.1 Å². The van der Waals surface area contributed by atoms with Crippen LogP contribution in [0.1, 0.15) is 11.6 Å². The van der Waals surface area contributed by atoms with Crippen molar-refractivity contribution in [2.75, 3.05) is 25.4 Å². The van der Waals surface area contributed by atoms with Crippen LogP contribution in [0, 0.1) is 5.82 Å². The normalized spacial score (nSPS) is 20.8. The lowest BCUT2D eigenvalue weighted by Gasteiger charge is -2.38. The summed E-state index contributed by atoms with van der Waals surface area (Å²) in [6.45, 7) is 2.89. The van der Waals surface area contributed by atoms with Crippen molar-refractivity contribution in [3.05, 3.63) is 59.9 Å². The fraction of sp³-hybridized carbons (Fsp3) is 0.278. The fourth-order valence-corrected chi connectivity index (χ4v) is 3.91. The molecule has 118 valence electrons. The van der Waals surface area contributed by atoms with Crippen molar-refractivity contribution in [1.29, 1.82) is 0 Å². The van der Waals surface area contributed by atoms with Crippen molar-refractivity contribution in [3.63, 3.8) is 0 Å². The molecule has 4 rings (SSSR count). The van der Waals surface area contributed by atoms with Gasteiger partial charge in [-0.2, -0.15) is 0 Å². The lowest BCUT2D eigenvalue weighted by atomic mass is 9.98. The minimum absolute atomic E-state index is 0.0177. The molecule has 0 radical (unpaired) electrons. The number of fused-ring (bicyclic) bond motifs is 1. The highest BCUT2D eigenvalue weighted by molar-refractivity contribution is 7.98. The molecule has 23 heavy (non-hydrogen) atoms. The van der Waals surface area contributed by atoms with Gasteiger partial charge in [-0.15, -0.1) is 0 Å². The van der Waals surface area contributed by atoms with E-state index < -0.39 is 0 Å². The third-order valence-electron chi connectivity index (χ3n) is 4.33. The summed E-state index contributed by atoms with van der Waals surface area (Å²) in [5.41, 5.74) is 2.48. The molecule has 2 aliphatic rings. The van der Waals surface area contributed by atoms with Crippen LogP contribution < -0.4 is 5.32 Å². The highest BCUT2D eigenvalue weighted by Crippen LogP contribution is 2.29. The zero-order valence-electron chi connectivity index (χ0n) is 12.7. The number of hydrogen-bond donors (Lipinski definition) is 1. The molecule has 1 unspecified atom stereocenters. The minimum Gasteiger partial charge on any atom is -0.356 e. The van der Waals surface area contributed by atoms with E-state index in [1.54, 1.807) is 18.0 Å². The van der Waals surface area contributed by atoms with Gasteiger partial charge in [0.1, 0.15) is 11.7 Å². The van der Waals surface area contributed by atoms with Gasteiger partial charge in [-0.25, -0.2) is 8.79 Å². The molecule has 0 amide bonds. The summed E-state index contributed by atoms with van der Waals surface area (Å²) >= 11 is 1.60. The number of rotatable bonds is 2. The molecule has 2 aromatic rings. The van der Waals surface area contributed by atoms with Crippen molar-refractivity contribution in [1.82, 2.24) is 10.2 Å². The van der Waals surface area contributed by atoms with Gasteiger partial charge in [0.25, 0.3) is 0 Å². The maximum atomic E-state index is 14.6. The molecule has 0 spiro atoms. The van der Waals surface area contributed by atoms with Crippen LogP contribution in [0.3, 0.4) is 0 Å². The fourth-order valence-electron chi connectivity index (χ4n) is 3.16. The third kappa shape index (κ3) is 2.86. The second-order valence-corrected chi connectivity index (χ2v) is 6.61. The molecule has 0 aliphatic carbocycles. The number of nitrogens with one attached hydrogen (secondary N) is 1. The van der Waals surface area contributed by atoms with Crippen molar-refractivity contribution in [2.24, 2.45) is 4.40 Å². The zero-order chi connectivity index (χ0) is 15.6. The van der Waals surface area contributed by atoms with E-state index in [0.29, 0.717) is 5.56 Å². The van der Waals surface area contributed by atoms with Crippen LogP contribution in [0.4, 0.5) is 4.39 Å². The van der Waals surface area contributed by atoms with Gasteiger partial charge in [-0.3, -0.25) is 0 Å². The monoisotopic (exact) mass is 327 g/mol. The number of hydrogen-bond acceptors (Lipinski definition) is 4. The summed E-state index contributed by atoms with van der Waals surface area (Å²) < 4.78 is 19.2. The van der Waals surface area contributed by atoms with E-state index in [-0.39, 0.29) is 11.9 Å². The van der Waals surface area contributed by atoms with Gasteiger partial charge in [-0.1, -0.05) is 42.5 Å². The molecular weight excluding hydrogens is 309 g/mol. The standard InChI is InChI=1S/C18H18FN3S/c19-16-12-14(6-7-15(16)13-4-2-1-3-5-13)17-18-21-23-11-10-22(18)9-8-20-17/h1-7,12,17,20H,8-11H2. The summed E-state index contributed by atoms with van der Waals surface area (Å²) in [6, 6.07) is 15.2. The SMILES string of the molecule is Fc1cc(C2NCCN3CCSN=C23)ccc1-c1ccccc1. The van der Waals surface area contributed by atoms with E-state index in [4.69, 9.17) is 0 Å². The second kappa shape index (κ2) is 6.34. The van der Waals surface area contributed by atoms with Crippen molar-refractivity contribution < 1.29 is 4.39 Å². The minimum atomic E-state index is -0.184. The van der Waals surface area contributed by atoms with E-state index in [1.165, 1.54) is 0 Å². The van der Waals surface area contributed by atoms with Crippen LogP contribution in [0.25, 0.3) is 11.1 Å². The number of benzene rings is 2. The molecule has 1 fully saturated rings. The smallest absolute Gasteiger partial charge is 0.134 e. The summed E-state index contributed by atoms with van der Waals surface area (Å²) in [5.74, 6) is 1.87. The molecule has 0 bridgehead atoms. The van der Waals surface area contributed by atoms with Crippen LogP contribution >= 0.6 is 11.9 Å². The first-order chi connectivity index (χ1) is 11.3. The molecule has 2 aromatic carbocycles. The van der Waals surface area contributed by atoms with Crippen LogP contribution in [0.5, 0.6) is 0 Å². The number of piperazine rings is 1. The van der Waals surface area contributed by atoms with Crippen molar-refractivity contribution >= 4 is 17.8 Å². The average molecular weight is 327 g/mol. The summed E-state index contributed by atoms with van der Waals surface area (Å²) in [6.07, 6.45) is 0. The predicted octanol–water partition coefficient (Wildman–Crippen LogP) is 3.50. The first kappa shape index (κ1) is 14.7. The Morgan fingerprint density at radius 1 is 1.13 bits per heavy atom. The zero-order valence-corrected chi connectivity index (χ0v) is 13.5. The second-order valence-electron chi connectivity index (χ2n) is 5.76. The first-order valence-electron chi connectivity index (χ1n) is 7.86. The van der Waals surface area contributed by atoms with E-state index in [2.05, 4.69) is 14.6 Å². The Kier molecular flexibility index (Phi) is 4.06. The van der Waals surface area contributed by atoms with Crippen LogP contribution in [0.15, 0.2) is 52.9 Å². The Hall–Kier alpha value is -1.85. The number of amidine groups is 1. The van der Waals surface area contributed by atoms with E-state index in [9.17, 15) is 4.39 Å². The Labute approximate surface area is 139 Å². The Morgan fingerprint density at radius 2 is 2.00 bits per heavy atom. The van der Waals surface area contributed by atoms with Gasteiger partial charge in [0, 0.05) is 31.0 Å². The van der Waals surface area contributed by atoms with Gasteiger partial charge in [0.2, 0.25) is 0 Å². The van der Waals surface area contributed by atoms with Crippen LogP contribution in [0.2, 0.25) is 0 Å². The lowest BCUT2D eigenvalue weighted by Crippen LogP contribution is -2.51. The van der Waals surface area contributed by atoms with E-state index >= 15 is 0 Å². The van der Waals surface area contributed by atoms with E-state index in [0.717, 1.165) is 42.3 Å². The van der Waals surface area contributed by atoms with Gasteiger partial charge in [0.15, 0.2) is 0 Å². The van der Waals surface area contributed by atoms with Crippen LogP contribution in [-0.2, 0) is 0 Å². The summed E-state index contributed by atoms with van der Waals surface area (Å²) in [4.78, 5) is 2.31. The highest BCUT2D eigenvalue weighted by atomic mass is 32.2. The van der Waals surface area contributed by atoms with Crippen molar-refractivity contribution in [2.45, 2.75) is 6.04 Å². The Balaban J connectivity index is 1.67. The van der Waals surface area contributed by atoms with E-state index in [1.807, 2.05) is 42.5 Å². The third-order valence-corrected chi connectivity index (χ3v) is 5.02. The predicted molar refractivity (Wildman–Crippen MR) is 94.0 cm³/mol. The summed E-state index contributed by atoms with van der Waals surface area (Å²) in [7, 11) is 0. The molecule has 0 saturated carbocycles. The molecule has 0 aromatic heterocycles. The van der Waals surface area contributed by atoms with Gasteiger partial charge in [-0.05, 0) is 29.1 Å². The maximum absolute atomic E-state index is 14.6. The van der Waals surface area contributed by atoms with Gasteiger partial charge in [0.05, 0.1) is 6.04 Å². The summed E-state index contributed by atoms with van der Waals surface area (Å²) in [5, 5.41) is 3.47. The molecule has 5 heteroatoms. The number of halogens is 1. The first-order valence-corrected chi connectivity index (χ1v) is 8.80. The van der Waals surface area contributed by atoms with Crippen LogP contribution in [-0.4, -0.2) is 36.1 Å². The molecule has 1 atom stereocenters. The molecule has 1 N–H and O–H groups in total. The molecular formula is C18H18FN3S. The molecule has 1 saturated heterocycles. The quantitative estimate of drug-likeness (QED) is 0.856. The molecule has 3 nitrogen and oxygen atoms in total. The maximum Gasteiger partial charge on any atom is 0.134 e. The van der Waals surface area contributed by atoms with Gasteiger partial charge < -0.3 is 10.2 Å².